The van der Waals surface area contributed by atoms with Gasteiger partial charge in [-0.1, -0.05) is 12.1 Å². The fraction of sp³-hybridized carbons (Fsp3) is 0.0870. The summed E-state index contributed by atoms with van der Waals surface area (Å²) in [6.45, 7) is 2.00. The molecule has 0 fully saturated rings. The van der Waals surface area contributed by atoms with Crippen LogP contribution in [0.4, 0.5) is 5.69 Å². The van der Waals surface area contributed by atoms with E-state index in [2.05, 4.69) is 9.98 Å². The van der Waals surface area contributed by atoms with Crippen molar-refractivity contribution in [2.24, 2.45) is 4.99 Å². The molecule has 0 saturated carbocycles. The molecule has 2 heterocycles. The summed E-state index contributed by atoms with van der Waals surface area (Å²) < 4.78 is 5.24. The summed E-state index contributed by atoms with van der Waals surface area (Å²) in [6.07, 6.45) is 5.17. The maximum Gasteiger partial charge on any atom is 0.282 e. The Balaban J connectivity index is 1.82. The topological polar surface area (TPSA) is 54.8 Å². The molecular weight excluding hydrogens is 350 g/mol. The van der Waals surface area contributed by atoms with E-state index in [-0.39, 0.29) is 5.91 Å². The second kappa shape index (κ2) is 7.48. The van der Waals surface area contributed by atoms with E-state index in [1.165, 1.54) is 0 Å². The van der Waals surface area contributed by atoms with Gasteiger partial charge in [0, 0.05) is 18.0 Å². The first-order chi connectivity index (χ1) is 13.7. The average molecular weight is 369 g/mol. The number of hydrogen-bond donors (Lipinski definition) is 0. The van der Waals surface area contributed by atoms with Crippen molar-refractivity contribution in [1.29, 1.82) is 0 Å². The number of aliphatic imine (C=N–C) groups is 1. The molecular formula is C23H19N3O2. The van der Waals surface area contributed by atoms with Gasteiger partial charge >= 0.3 is 0 Å². The molecule has 138 valence electrons. The van der Waals surface area contributed by atoms with Gasteiger partial charge in [-0.15, -0.1) is 0 Å². The Labute approximate surface area is 163 Å². The van der Waals surface area contributed by atoms with E-state index in [1.807, 2.05) is 67.6 Å². The molecule has 1 amide bonds. The number of methoxy groups -OCH3 is 1. The van der Waals surface area contributed by atoms with E-state index >= 15 is 0 Å². The lowest BCUT2D eigenvalue weighted by atomic mass is 10.1. The fourth-order valence-electron chi connectivity index (χ4n) is 3.07. The molecule has 0 N–H and O–H groups in total. The highest BCUT2D eigenvalue weighted by molar-refractivity contribution is 6.33. The van der Waals surface area contributed by atoms with Gasteiger partial charge in [-0.3, -0.25) is 14.7 Å². The second-order valence-corrected chi connectivity index (χ2v) is 6.45. The van der Waals surface area contributed by atoms with Gasteiger partial charge in [0.25, 0.3) is 5.91 Å². The number of aromatic nitrogens is 1. The van der Waals surface area contributed by atoms with Crippen LogP contribution in [0.2, 0.25) is 0 Å². The molecule has 0 spiro atoms. The van der Waals surface area contributed by atoms with Crippen LogP contribution < -0.4 is 9.64 Å². The zero-order chi connectivity index (χ0) is 19.5. The van der Waals surface area contributed by atoms with Gasteiger partial charge in [-0.2, -0.15) is 0 Å². The Hall–Kier alpha value is -3.73. The van der Waals surface area contributed by atoms with Crippen LogP contribution in [-0.2, 0) is 4.79 Å². The Morgan fingerprint density at radius 3 is 2.43 bits per heavy atom. The van der Waals surface area contributed by atoms with Crippen molar-refractivity contribution in [2.75, 3.05) is 12.0 Å². The highest BCUT2D eigenvalue weighted by Gasteiger charge is 2.32. The summed E-state index contributed by atoms with van der Waals surface area (Å²) in [5.74, 6) is 1.19. The van der Waals surface area contributed by atoms with E-state index in [9.17, 15) is 4.79 Å². The van der Waals surface area contributed by atoms with Gasteiger partial charge in [0.2, 0.25) is 0 Å². The summed E-state index contributed by atoms with van der Waals surface area (Å²) in [5, 5.41) is 0. The molecule has 5 heteroatoms. The minimum absolute atomic E-state index is 0.159. The molecule has 28 heavy (non-hydrogen) atoms. The minimum Gasteiger partial charge on any atom is -0.497 e. The maximum atomic E-state index is 13.2. The van der Waals surface area contributed by atoms with Crippen LogP contribution in [0.3, 0.4) is 0 Å². The number of amidine groups is 1. The smallest absolute Gasteiger partial charge is 0.282 e. The van der Waals surface area contributed by atoms with Gasteiger partial charge < -0.3 is 4.74 Å². The van der Waals surface area contributed by atoms with Crippen molar-refractivity contribution in [1.82, 2.24) is 4.98 Å². The first-order valence-electron chi connectivity index (χ1n) is 8.92. The number of hydrogen-bond acceptors (Lipinski definition) is 4. The molecule has 0 aliphatic carbocycles. The molecule has 2 aromatic carbocycles. The molecule has 3 aromatic rings. The quantitative estimate of drug-likeness (QED) is 0.647. The summed E-state index contributed by atoms with van der Waals surface area (Å²) in [7, 11) is 1.63. The van der Waals surface area contributed by atoms with Crippen LogP contribution in [0.15, 0.2) is 83.7 Å². The van der Waals surface area contributed by atoms with Gasteiger partial charge in [-0.05, 0) is 72.7 Å². The molecule has 0 bridgehead atoms. The molecule has 0 radical (unpaired) electrons. The predicted octanol–water partition coefficient (Wildman–Crippen LogP) is 4.23. The van der Waals surface area contributed by atoms with E-state index in [4.69, 9.17) is 4.74 Å². The zero-order valence-corrected chi connectivity index (χ0v) is 15.7. The summed E-state index contributed by atoms with van der Waals surface area (Å²) in [4.78, 5) is 23.6. The Bertz CT molecular complexity index is 1070. The molecule has 1 aliphatic rings. The van der Waals surface area contributed by atoms with Crippen molar-refractivity contribution in [3.8, 4) is 5.75 Å². The minimum atomic E-state index is -0.159. The number of pyridine rings is 1. The highest BCUT2D eigenvalue weighted by atomic mass is 16.5. The van der Waals surface area contributed by atoms with E-state index < -0.39 is 0 Å². The number of benzene rings is 2. The predicted molar refractivity (Wildman–Crippen MR) is 110 cm³/mol. The first kappa shape index (κ1) is 17.7. The van der Waals surface area contributed by atoms with Crippen molar-refractivity contribution in [3.05, 3.63) is 95.4 Å². The van der Waals surface area contributed by atoms with Crippen LogP contribution in [0, 0.1) is 6.92 Å². The third-order valence-corrected chi connectivity index (χ3v) is 4.48. The van der Waals surface area contributed by atoms with E-state index in [0.29, 0.717) is 11.5 Å². The van der Waals surface area contributed by atoms with Crippen LogP contribution in [0.5, 0.6) is 5.75 Å². The van der Waals surface area contributed by atoms with Crippen LogP contribution in [-0.4, -0.2) is 23.8 Å². The van der Waals surface area contributed by atoms with Crippen LogP contribution in [0.25, 0.3) is 6.08 Å². The van der Waals surface area contributed by atoms with Crippen LogP contribution >= 0.6 is 0 Å². The number of nitrogens with zero attached hydrogens (tertiary/aromatic N) is 3. The largest absolute Gasteiger partial charge is 0.497 e. The van der Waals surface area contributed by atoms with Gasteiger partial charge in [-0.25, -0.2) is 4.99 Å². The number of ether oxygens (including phenoxy) is 1. The molecule has 4 rings (SSSR count). The monoisotopic (exact) mass is 369 g/mol. The lowest BCUT2D eigenvalue weighted by Gasteiger charge is -2.19. The number of aryl methyl sites for hydroxylation is 1. The maximum absolute atomic E-state index is 13.2. The van der Waals surface area contributed by atoms with Crippen molar-refractivity contribution in [2.45, 2.75) is 6.92 Å². The SMILES string of the molecule is COc1ccc(C2=N/C(=C/c3ccncc3)C(=O)N2c2cccc(C)c2)cc1. The lowest BCUT2D eigenvalue weighted by molar-refractivity contribution is -0.113. The zero-order valence-electron chi connectivity index (χ0n) is 15.7. The second-order valence-electron chi connectivity index (χ2n) is 6.45. The van der Waals surface area contributed by atoms with Crippen molar-refractivity contribution in [3.63, 3.8) is 0 Å². The van der Waals surface area contributed by atoms with Crippen molar-refractivity contribution < 1.29 is 9.53 Å². The third-order valence-electron chi connectivity index (χ3n) is 4.48. The molecule has 1 aromatic heterocycles. The molecule has 0 unspecified atom stereocenters. The summed E-state index contributed by atoms with van der Waals surface area (Å²) in [6, 6.07) is 19.1. The van der Waals surface area contributed by atoms with Gasteiger partial charge in [0.1, 0.15) is 17.3 Å². The first-order valence-corrected chi connectivity index (χ1v) is 8.92. The molecule has 0 atom stereocenters. The standard InChI is InChI=1S/C23H19N3O2/c1-16-4-3-5-19(14-16)26-22(18-6-8-20(28-2)9-7-18)25-21(23(26)27)15-17-10-12-24-13-11-17/h3-15H,1-2H3/b21-15+. The molecule has 0 saturated heterocycles. The van der Waals surface area contributed by atoms with E-state index in [0.717, 1.165) is 28.1 Å². The van der Waals surface area contributed by atoms with Crippen molar-refractivity contribution >= 4 is 23.5 Å². The Morgan fingerprint density at radius 2 is 1.75 bits per heavy atom. The Kier molecular flexibility index (Phi) is 4.72. The molecule has 5 nitrogen and oxygen atoms in total. The van der Waals surface area contributed by atoms with E-state index in [1.54, 1.807) is 30.5 Å². The number of anilines is 1. The number of amides is 1. The number of carbonyl (C=O) groups excluding carboxylic acids is 1. The Morgan fingerprint density at radius 1 is 1.00 bits per heavy atom. The number of carbonyl (C=O) groups is 1. The third kappa shape index (κ3) is 3.42. The highest BCUT2D eigenvalue weighted by Crippen LogP contribution is 2.29. The summed E-state index contributed by atoms with van der Waals surface area (Å²) >= 11 is 0. The normalized spacial score (nSPS) is 15.1. The molecule has 1 aliphatic heterocycles. The van der Waals surface area contributed by atoms with Gasteiger partial charge in [0.15, 0.2) is 0 Å². The average Bonchev–Trinajstić information content (AvgIpc) is 3.05. The van der Waals surface area contributed by atoms with Gasteiger partial charge in [0.05, 0.1) is 12.8 Å². The number of rotatable bonds is 4. The van der Waals surface area contributed by atoms with Crippen LogP contribution in [0.1, 0.15) is 16.7 Å². The lowest BCUT2D eigenvalue weighted by Crippen LogP contribution is -2.32. The fourth-order valence-corrected chi connectivity index (χ4v) is 3.07. The summed E-state index contributed by atoms with van der Waals surface area (Å²) in [5.41, 5.74) is 3.97.